The summed E-state index contributed by atoms with van der Waals surface area (Å²) in [6, 6.07) is 6.93. The largest absolute Gasteiger partial charge is 0.480 e. The highest BCUT2D eigenvalue weighted by molar-refractivity contribution is 6.14. The molecule has 0 unspecified atom stereocenters. The first-order valence-corrected chi connectivity index (χ1v) is 6.74. The van der Waals surface area contributed by atoms with Gasteiger partial charge in [0, 0.05) is 5.39 Å². The second-order valence-electron chi connectivity index (χ2n) is 5.75. The fraction of sp³-hybridized carbons (Fsp3) is 0.312. The van der Waals surface area contributed by atoms with Gasteiger partial charge in [-0.1, -0.05) is 18.2 Å². The van der Waals surface area contributed by atoms with E-state index in [0.717, 1.165) is 0 Å². The second kappa shape index (κ2) is 5.63. The van der Waals surface area contributed by atoms with Gasteiger partial charge in [-0.25, -0.2) is 9.78 Å². The highest BCUT2D eigenvalue weighted by Gasteiger charge is 2.28. The molecule has 1 amide bonds. The van der Waals surface area contributed by atoms with E-state index in [-0.39, 0.29) is 17.0 Å². The number of amides is 1. The number of ether oxygens (including phenoxy) is 2. The number of nitrogens with two attached hydrogens (primary N) is 1. The van der Waals surface area contributed by atoms with E-state index in [1.54, 1.807) is 45.0 Å². The van der Waals surface area contributed by atoms with Crippen molar-refractivity contribution in [2.75, 3.05) is 7.11 Å². The lowest BCUT2D eigenvalue weighted by Crippen LogP contribution is -2.27. The number of pyridine rings is 1. The van der Waals surface area contributed by atoms with Crippen molar-refractivity contribution in [2.24, 2.45) is 5.73 Å². The number of carbonyl (C=O) groups is 2. The van der Waals surface area contributed by atoms with Gasteiger partial charge in [-0.2, -0.15) is 0 Å². The number of nitrogens with zero attached hydrogens (tertiary/aromatic N) is 1. The van der Waals surface area contributed by atoms with Gasteiger partial charge in [-0.15, -0.1) is 0 Å². The normalized spacial score (nSPS) is 11.3. The van der Waals surface area contributed by atoms with Crippen LogP contribution in [0.2, 0.25) is 0 Å². The van der Waals surface area contributed by atoms with Crippen molar-refractivity contribution >= 4 is 22.8 Å². The minimum atomic E-state index is -0.795. The topological polar surface area (TPSA) is 91.5 Å². The van der Waals surface area contributed by atoms with Gasteiger partial charge in [-0.3, -0.25) is 4.79 Å². The van der Waals surface area contributed by atoms with Crippen molar-refractivity contribution in [1.82, 2.24) is 4.98 Å². The first-order chi connectivity index (χ1) is 10.2. The summed E-state index contributed by atoms with van der Waals surface area (Å²) in [6.45, 7) is 5.24. The minimum absolute atomic E-state index is 0.00654. The zero-order chi connectivity index (χ0) is 16.5. The number of fused-ring (bicyclic) bond motifs is 1. The molecule has 0 spiro atoms. The fourth-order valence-electron chi connectivity index (χ4n) is 2.11. The summed E-state index contributed by atoms with van der Waals surface area (Å²) in [5.41, 5.74) is 5.23. The Balaban J connectivity index is 2.80. The van der Waals surface area contributed by atoms with Crippen molar-refractivity contribution < 1.29 is 19.1 Å². The zero-order valence-electron chi connectivity index (χ0n) is 13.0. The van der Waals surface area contributed by atoms with E-state index < -0.39 is 17.5 Å². The average molecular weight is 302 g/mol. The molecule has 2 aromatic rings. The number of methoxy groups -OCH3 is 1. The van der Waals surface area contributed by atoms with Crippen LogP contribution in [0.4, 0.5) is 0 Å². The number of para-hydroxylation sites is 1. The highest BCUT2D eigenvalue weighted by atomic mass is 16.6. The molecule has 0 radical (unpaired) electrons. The van der Waals surface area contributed by atoms with Crippen molar-refractivity contribution in [3.05, 3.63) is 35.4 Å². The van der Waals surface area contributed by atoms with E-state index in [0.29, 0.717) is 10.9 Å². The first kappa shape index (κ1) is 15.8. The molecule has 0 saturated heterocycles. The van der Waals surface area contributed by atoms with Crippen LogP contribution in [0.1, 0.15) is 41.5 Å². The number of esters is 1. The molecule has 0 aliphatic heterocycles. The maximum absolute atomic E-state index is 12.6. The Labute approximate surface area is 128 Å². The van der Waals surface area contributed by atoms with Crippen LogP contribution in [0.15, 0.2) is 24.3 Å². The third-order valence-corrected chi connectivity index (χ3v) is 2.90. The molecule has 0 aliphatic rings. The Morgan fingerprint density at radius 1 is 1.14 bits per heavy atom. The van der Waals surface area contributed by atoms with Gasteiger partial charge < -0.3 is 15.2 Å². The van der Waals surface area contributed by atoms with Gasteiger partial charge in [0.1, 0.15) is 11.2 Å². The standard InChI is InChI=1S/C16H18N2O4/c1-16(2,3)22-15(20)11-9-7-5-6-8-10(9)18-14(21-4)12(11)13(17)19/h5-8H,1-4H3,(H2,17,19). The van der Waals surface area contributed by atoms with Crippen LogP contribution in [0.3, 0.4) is 0 Å². The summed E-state index contributed by atoms with van der Waals surface area (Å²) in [5, 5.41) is 0.492. The van der Waals surface area contributed by atoms with E-state index >= 15 is 0 Å². The van der Waals surface area contributed by atoms with Crippen molar-refractivity contribution in [3.63, 3.8) is 0 Å². The first-order valence-electron chi connectivity index (χ1n) is 6.74. The fourth-order valence-corrected chi connectivity index (χ4v) is 2.11. The van der Waals surface area contributed by atoms with Crippen molar-refractivity contribution in [3.8, 4) is 5.88 Å². The molecule has 2 rings (SSSR count). The molecule has 22 heavy (non-hydrogen) atoms. The average Bonchev–Trinajstić information content (AvgIpc) is 2.42. The Morgan fingerprint density at radius 3 is 2.32 bits per heavy atom. The maximum Gasteiger partial charge on any atom is 0.340 e. The number of hydrogen-bond donors (Lipinski definition) is 1. The SMILES string of the molecule is COc1nc2ccccc2c(C(=O)OC(C)(C)C)c1C(N)=O. The quantitative estimate of drug-likeness (QED) is 0.878. The van der Waals surface area contributed by atoms with Gasteiger partial charge in [0.05, 0.1) is 18.2 Å². The molecular weight excluding hydrogens is 284 g/mol. The van der Waals surface area contributed by atoms with Crippen LogP contribution >= 0.6 is 0 Å². The summed E-state index contributed by atoms with van der Waals surface area (Å²) in [7, 11) is 1.36. The molecule has 1 heterocycles. The summed E-state index contributed by atoms with van der Waals surface area (Å²) in [4.78, 5) is 28.6. The molecule has 6 heteroatoms. The number of benzene rings is 1. The van der Waals surface area contributed by atoms with Gasteiger partial charge in [0.2, 0.25) is 5.88 Å². The van der Waals surface area contributed by atoms with E-state index in [9.17, 15) is 9.59 Å². The van der Waals surface area contributed by atoms with E-state index in [1.807, 2.05) is 0 Å². The third kappa shape index (κ3) is 3.00. The van der Waals surface area contributed by atoms with Crippen LogP contribution < -0.4 is 10.5 Å². The predicted molar refractivity (Wildman–Crippen MR) is 82.0 cm³/mol. The lowest BCUT2D eigenvalue weighted by molar-refractivity contribution is 0.00695. The smallest absolute Gasteiger partial charge is 0.340 e. The molecule has 116 valence electrons. The number of rotatable bonds is 3. The van der Waals surface area contributed by atoms with Crippen LogP contribution in [0.5, 0.6) is 5.88 Å². The number of carbonyl (C=O) groups excluding carboxylic acids is 2. The van der Waals surface area contributed by atoms with E-state index in [2.05, 4.69) is 4.98 Å². The van der Waals surface area contributed by atoms with Crippen LogP contribution in [-0.4, -0.2) is 29.6 Å². The second-order valence-corrected chi connectivity index (χ2v) is 5.75. The Morgan fingerprint density at radius 2 is 1.77 bits per heavy atom. The summed E-state index contributed by atoms with van der Waals surface area (Å²) in [6.07, 6.45) is 0. The van der Waals surface area contributed by atoms with Gasteiger partial charge in [0.15, 0.2) is 0 Å². The predicted octanol–water partition coefficient (Wildman–Crippen LogP) is 2.30. The number of aromatic nitrogens is 1. The third-order valence-electron chi connectivity index (χ3n) is 2.90. The molecule has 0 fully saturated rings. The Kier molecular flexibility index (Phi) is 4.03. The van der Waals surface area contributed by atoms with E-state index in [4.69, 9.17) is 15.2 Å². The lowest BCUT2D eigenvalue weighted by Gasteiger charge is -2.21. The van der Waals surface area contributed by atoms with Crippen LogP contribution in [0, 0.1) is 0 Å². The van der Waals surface area contributed by atoms with Crippen molar-refractivity contribution in [1.29, 1.82) is 0 Å². The molecule has 2 N–H and O–H groups in total. The molecule has 1 aromatic heterocycles. The summed E-state index contributed by atoms with van der Waals surface area (Å²) < 4.78 is 10.5. The van der Waals surface area contributed by atoms with Gasteiger partial charge in [-0.05, 0) is 26.8 Å². The Hall–Kier alpha value is -2.63. The van der Waals surface area contributed by atoms with Crippen LogP contribution in [-0.2, 0) is 4.74 Å². The molecule has 0 aliphatic carbocycles. The zero-order valence-corrected chi connectivity index (χ0v) is 13.0. The van der Waals surface area contributed by atoms with Gasteiger partial charge >= 0.3 is 5.97 Å². The minimum Gasteiger partial charge on any atom is -0.480 e. The molecular formula is C16H18N2O4. The Bertz CT molecular complexity index is 748. The number of hydrogen-bond acceptors (Lipinski definition) is 5. The number of primary amides is 1. The van der Waals surface area contributed by atoms with Crippen LogP contribution in [0.25, 0.3) is 10.9 Å². The van der Waals surface area contributed by atoms with E-state index in [1.165, 1.54) is 7.11 Å². The highest BCUT2D eigenvalue weighted by Crippen LogP contribution is 2.29. The summed E-state index contributed by atoms with van der Waals surface area (Å²) in [5.74, 6) is -1.43. The van der Waals surface area contributed by atoms with Gasteiger partial charge in [0.25, 0.3) is 5.91 Å². The maximum atomic E-state index is 12.6. The lowest BCUT2D eigenvalue weighted by atomic mass is 10.0. The molecule has 0 atom stereocenters. The molecule has 0 saturated carbocycles. The molecule has 6 nitrogen and oxygen atoms in total. The van der Waals surface area contributed by atoms with Crippen molar-refractivity contribution in [2.45, 2.75) is 26.4 Å². The monoisotopic (exact) mass is 302 g/mol. The summed E-state index contributed by atoms with van der Waals surface area (Å²) >= 11 is 0. The molecule has 1 aromatic carbocycles. The molecule has 0 bridgehead atoms.